The van der Waals surface area contributed by atoms with Crippen molar-refractivity contribution in [1.29, 1.82) is 0 Å². The molecule has 1 heterocycles. The highest BCUT2D eigenvalue weighted by Crippen LogP contribution is 2.25. The fraction of sp³-hybridized carbons (Fsp3) is 0.154. The summed E-state index contributed by atoms with van der Waals surface area (Å²) in [6.07, 6.45) is 0. The molecule has 4 rings (SSSR count). The SMILES string of the molecule is COc1ccc2[nH]c(=O)c(CN(Cc3ccccc3Cl)C(=O)c3ccccc3OC)cc2c1. The van der Waals surface area contributed by atoms with Gasteiger partial charge in [0.2, 0.25) is 0 Å². The summed E-state index contributed by atoms with van der Waals surface area (Å²) >= 11 is 6.38. The van der Waals surface area contributed by atoms with E-state index in [1.807, 2.05) is 24.3 Å². The van der Waals surface area contributed by atoms with Crippen molar-refractivity contribution in [3.8, 4) is 11.5 Å². The predicted molar refractivity (Wildman–Crippen MR) is 129 cm³/mol. The van der Waals surface area contributed by atoms with E-state index in [0.717, 1.165) is 10.9 Å². The first kappa shape index (κ1) is 22.4. The molecule has 0 radical (unpaired) electrons. The lowest BCUT2D eigenvalue weighted by Gasteiger charge is -2.24. The van der Waals surface area contributed by atoms with E-state index in [1.165, 1.54) is 7.11 Å². The zero-order valence-electron chi connectivity index (χ0n) is 18.3. The van der Waals surface area contributed by atoms with Crippen molar-refractivity contribution in [1.82, 2.24) is 9.88 Å². The highest BCUT2D eigenvalue weighted by atomic mass is 35.5. The van der Waals surface area contributed by atoms with E-state index >= 15 is 0 Å². The molecule has 6 nitrogen and oxygen atoms in total. The molecule has 7 heteroatoms. The molecule has 0 saturated carbocycles. The van der Waals surface area contributed by atoms with Gasteiger partial charge < -0.3 is 19.4 Å². The van der Waals surface area contributed by atoms with E-state index in [-0.39, 0.29) is 24.6 Å². The van der Waals surface area contributed by atoms with Crippen molar-refractivity contribution < 1.29 is 14.3 Å². The second kappa shape index (κ2) is 9.79. The highest BCUT2D eigenvalue weighted by molar-refractivity contribution is 6.31. The molecule has 33 heavy (non-hydrogen) atoms. The Hall–Kier alpha value is -3.77. The fourth-order valence-electron chi connectivity index (χ4n) is 3.70. The predicted octanol–water partition coefficient (Wildman–Crippen LogP) is 5.04. The van der Waals surface area contributed by atoms with E-state index in [2.05, 4.69) is 4.98 Å². The third-order valence-corrected chi connectivity index (χ3v) is 5.80. The molecule has 4 aromatic rings. The van der Waals surface area contributed by atoms with Crippen LogP contribution in [0.3, 0.4) is 0 Å². The number of fused-ring (bicyclic) bond motifs is 1. The number of hydrogen-bond donors (Lipinski definition) is 1. The van der Waals surface area contributed by atoms with Crippen LogP contribution < -0.4 is 15.0 Å². The van der Waals surface area contributed by atoms with Gasteiger partial charge in [-0.15, -0.1) is 0 Å². The van der Waals surface area contributed by atoms with Gasteiger partial charge in [-0.25, -0.2) is 0 Å². The van der Waals surface area contributed by atoms with Gasteiger partial charge in [-0.1, -0.05) is 41.9 Å². The van der Waals surface area contributed by atoms with Crippen molar-refractivity contribution in [3.05, 3.63) is 105 Å². The highest BCUT2D eigenvalue weighted by Gasteiger charge is 2.22. The standard InChI is InChI=1S/C26H23ClN2O4/c1-32-20-11-12-23-18(14-20)13-19(25(30)28-23)16-29(15-17-7-3-5-9-22(17)27)26(31)21-8-4-6-10-24(21)33-2/h3-14H,15-16H2,1-2H3,(H,28,30). The average molecular weight is 463 g/mol. The van der Waals surface area contributed by atoms with Gasteiger partial charge >= 0.3 is 0 Å². The van der Waals surface area contributed by atoms with Crippen LogP contribution in [-0.4, -0.2) is 30.0 Å². The second-order valence-corrected chi connectivity index (χ2v) is 7.94. The topological polar surface area (TPSA) is 71.6 Å². The lowest BCUT2D eigenvalue weighted by molar-refractivity contribution is 0.0726. The fourth-order valence-corrected chi connectivity index (χ4v) is 3.90. The second-order valence-electron chi connectivity index (χ2n) is 7.53. The molecule has 0 spiro atoms. The molecule has 0 aliphatic rings. The molecule has 1 N–H and O–H groups in total. The van der Waals surface area contributed by atoms with Gasteiger partial charge in [0.1, 0.15) is 11.5 Å². The monoisotopic (exact) mass is 462 g/mol. The van der Waals surface area contributed by atoms with Gasteiger partial charge in [-0.2, -0.15) is 0 Å². The first-order valence-electron chi connectivity index (χ1n) is 10.4. The summed E-state index contributed by atoms with van der Waals surface area (Å²) in [6, 6.07) is 21.6. The molecule has 0 saturated heterocycles. The molecule has 1 aromatic heterocycles. The molecule has 0 unspecified atom stereocenters. The van der Waals surface area contributed by atoms with Crippen LogP contribution in [0.1, 0.15) is 21.5 Å². The number of pyridine rings is 1. The Kier molecular flexibility index (Phi) is 6.66. The number of halogens is 1. The molecule has 0 aliphatic heterocycles. The summed E-state index contributed by atoms with van der Waals surface area (Å²) in [6.45, 7) is 0.316. The molecule has 168 valence electrons. The first-order chi connectivity index (χ1) is 16.0. The van der Waals surface area contributed by atoms with Crippen molar-refractivity contribution in [2.75, 3.05) is 14.2 Å². The minimum Gasteiger partial charge on any atom is -0.497 e. The van der Waals surface area contributed by atoms with Crippen molar-refractivity contribution in [2.45, 2.75) is 13.1 Å². The van der Waals surface area contributed by atoms with Crippen LogP contribution in [-0.2, 0) is 13.1 Å². The minimum atomic E-state index is -0.266. The minimum absolute atomic E-state index is 0.0879. The molecular weight excluding hydrogens is 440 g/mol. The third-order valence-electron chi connectivity index (χ3n) is 5.43. The Bertz CT molecular complexity index is 1370. The summed E-state index contributed by atoms with van der Waals surface area (Å²) in [5.74, 6) is 0.875. The normalized spacial score (nSPS) is 10.8. The van der Waals surface area contributed by atoms with Crippen LogP contribution in [0, 0.1) is 0 Å². The van der Waals surface area contributed by atoms with E-state index in [4.69, 9.17) is 21.1 Å². The maximum atomic E-state index is 13.6. The number of carbonyl (C=O) groups excluding carboxylic acids is 1. The van der Waals surface area contributed by atoms with Gasteiger partial charge in [-0.3, -0.25) is 9.59 Å². The van der Waals surface area contributed by atoms with Crippen molar-refractivity contribution in [3.63, 3.8) is 0 Å². The summed E-state index contributed by atoms with van der Waals surface area (Å²) in [5, 5.41) is 1.36. The summed E-state index contributed by atoms with van der Waals surface area (Å²) in [5.41, 5.74) is 2.07. The van der Waals surface area contributed by atoms with Crippen LogP contribution in [0.15, 0.2) is 77.6 Å². The number of benzene rings is 3. The number of nitrogens with one attached hydrogen (secondary N) is 1. The quantitative estimate of drug-likeness (QED) is 0.417. The van der Waals surface area contributed by atoms with Crippen LogP contribution >= 0.6 is 11.6 Å². The lowest BCUT2D eigenvalue weighted by Crippen LogP contribution is -2.32. The number of methoxy groups -OCH3 is 2. The Morgan fingerprint density at radius 1 is 0.909 bits per heavy atom. The molecular formula is C26H23ClN2O4. The molecule has 0 aliphatic carbocycles. The number of para-hydroxylation sites is 1. The zero-order valence-corrected chi connectivity index (χ0v) is 19.1. The average Bonchev–Trinajstić information content (AvgIpc) is 2.84. The van der Waals surface area contributed by atoms with Crippen LogP contribution in [0.5, 0.6) is 11.5 Å². The van der Waals surface area contributed by atoms with Crippen LogP contribution in [0.25, 0.3) is 10.9 Å². The number of aromatic nitrogens is 1. The van der Waals surface area contributed by atoms with Gasteiger partial charge in [0.15, 0.2) is 0 Å². The number of H-pyrrole nitrogens is 1. The Labute approximate surface area is 196 Å². The Balaban J connectivity index is 1.76. The van der Waals surface area contributed by atoms with Crippen LogP contribution in [0.2, 0.25) is 5.02 Å². The molecule has 0 bridgehead atoms. The van der Waals surface area contributed by atoms with Crippen LogP contribution in [0.4, 0.5) is 0 Å². The Morgan fingerprint density at radius 2 is 1.64 bits per heavy atom. The Morgan fingerprint density at radius 3 is 2.39 bits per heavy atom. The van der Waals surface area contributed by atoms with E-state index in [1.54, 1.807) is 60.5 Å². The summed E-state index contributed by atoms with van der Waals surface area (Å²) in [4.78, 5) is 30.9. The first-order valence-corrected chi connectivity index (χ1v) is 10.7. The molecule has 1 amide bonds. The van der Waals surface area contributed by atoms with E-state index < -0.39 is 0 Å². The van der Waals surface area contributed by atoms with Gasteiger partial charge in [-0.05, 0) is 48.0 Å². The van der Waals surface area contributed by atoms with Gasteiger partial charge in [0.25, 0.3) is 11.5 Å². The number of amides is 1. The maximum absolute atomic E-state index is 13.6. The molecule has 3 aromatic carbocycles. The number of hydrogen-bond acceptors (Lipinski definition) is 4. The lowest BCUT2D eigenvalue weighted by atomic mass is 10.1. The zero-order chi connectivity index (χ0) is 23.4. The summed E-state index contributed by atoms with van der Waals surface area (Å²) in [7, 11) is 3.11. The van der Waals surface area contributed by atoms with Gasteiger partial charge in [0, 0.05) is 28.0 Å². The number of carbonyl (C=O) groups is 1. The van der Waals surface area contributed by atoms with Crippen molar-refractivity contribution in [2.24, 2.45) is 0 Å². The number of rotatable bonds is 7. The number of nitrogens with zero attached hydrogens (tertiary/aromatic N) is 1. The summed E-state index contributed by atoms with van der Waals surface area (Å²) < 4.78 is 10.7. The molecule has 0 atom stereocenters. The number of aromatic amines is 1. The third kappa shape index (κ3) is 4.86. The van der Waals surface area contributed by atoms with Gasteiger partial charge in [0.05, 0.1) is 26.3 Å². The molecule has 0 fully saturated rings. The van der Waals surface area contributed by atoms with Crippen molar-refractivity contribution >= 4 is 28.4 Å². The number of ether oxygens (including phenoxy) is 2. The van der Waals surface area contributed by atoms with E-state index in [0.29, 0.717) is 33.2 Å². The smallest absolute Gasteiger partial charge is 0.258 e. The largest absolute Gasteiger partial charge is 0.497 e. The van der Waals surface area contributed by atoms with E-state index in [9.17, 15) is 9.59 Å². The maximum Gasteiger partial charge on any atom is 0.258 e.